The number of alkyl halides is 2. The van der Waals surface area contributed by atoms with Gasteiger partial charge in [-0.05, 0) is 28.1 Å². The Morgan fingerprint density at radius 3 is 2.53 bits per heavy atom. The normalized spacial score (nSPS) is 21.8. The first-order valence-corrected chi connectivity index (χ1v) is 6.50. The fraction of sp³-hybridized carbons (Fsp3) is 0.600. The van der Waals surface area contributed by atoms with Crippen LogP contribution in [-0.2, 0) is 6.54 Å². The maximum Gasteiger partial charge on any atom is 0.250 e. The van der Waals surface area contributed by atoms with Crippen molar-refractivity contribution in [3.05, 3.63) is 20.8 Å². The molecule has 1 saturated heterocycles. The summed E-state index contributed by atoms with van der Waals surface area (Å²) in [6.07, 6.45) is -0.000903. The molecule has 1 fully saturated rings. The molecular formula is C10H12BrF2NS. The molecule has 2 rings (SSSR count). The Labute approximate surface area is 100 Å². The van der Waals surface area contributed by atoms with Gasteiger partial charge in [0.1, 0.15) is 0 Å². The lowest BCUT2D eigenvalue weighted by Gasteiger charge is -2.31. The van der Waals surface area contributed by atoms with Crippen molar-refractivity contribution in [2.45, 2.75) is 25.3 Å². The highest BCUT2D eigenvalue weighted by Gasteiger charge is 2.33. The second-order valence-electron chi connectivity index (χ2n) is 3.84. The largest absolute Gasteiger partial charge is 0.298 e. The zero-order valence-corrected chi connectivity index (χ0v) is 10.6. The summed E-state index contributed by atoms with van der Waals surface area (Å²) in [5.41, 5.74) is 0. The number of rotatable bonds is 2. The lowest BCUT2D eigenvalue weighted by molar-refractivity contribution is -0.0564. The van der Waals surface area contributed by atoms with Crippen LogP contribution in [0.5, 0.6) is 0 Å². The molecule has 1 aliphatic rings. The third-order valence-electron chi connectivity index (χ3n) is 2.60. The van der Waals surface area contributed by atoms with Crippen LogP contribution < -0.4 is 0 Å². The summed E-state index contributed by atoms with van der Waals surface area (Å²) in [5, 5.41) is 0. The second kappa shape index (κ2) is 4.47. The maximum absolute atomic E-state index is 12.9. The Hall–Kier alpha value is -0.0000000000000000833. The molecule has 0 radical (unpaired) electrons. The van der Waals surface area contributed by atoms with Gasteiger partial charge in [0.05, 0.1) is 3.79 Å². The van der Waals surface area contributed by atoms with Crippen molar-refractivity contribution >= 4 is 27.3 Å². The van der Waals surface area contributed by atoms with Crippen molar-refractivity contribution in [2.75, 3.05) is 13.1 Å². The summed E-state index contributed by atoms with van der Waals surface area (Å²) < 4.78 is 26.9. The predicted octanol–water partition coefficient (Wildman–Crippen LogP) is 3.74. The molecule has 0 aromatic carbocycles. The SMILES string of the molecule is FC1(F)CCN(Cc2ccc(Br)s2)CC1. The molecule has 1 aromatic rings. The van der Waals surface area contributed by atoms with Crippen molar-refractivity contribution in [2.24, 2.45) is 0 Å². The highest BCUT2D eigenvalue weighted by molar-refractivity contribution is 9.11. The fourth-order valence-corrected chi connectivity index (χ4v) is 3.22. The number of nitrogens with zero attached hydrogens (tertiary/aromatic N) is 1. The van der Waals surface area contributed by atoms with Gasteiger partial charge in [-0.3, -0.25) is 4.90 Å². The van der Waals surface area contributed by atoms with Gasteiger partial charge in [0.25, 0.3) is 5.92 Å². The third-order valence-corrected chi connectivity index (χ3v) is 4.20. The standard InChI is InChI=1S/C10H12BrF2NS/c11-9-2-1-8(15-9)7-14-5-3-10(12,13)4-6-14/h1-2H,3-7H2. The summed E-state index contributed by atoms with van der Waals surface area (Å²) in [7, 11) is 0. The van der Waals surface area contributed by atoms with Crippen molar-refractivity contribution in [3.63, 3.8) is 0 Å². The molecular weight excluding hydrogens is 284 g/mol. The smallest absolute Gasteiger partial charge is 0.250 e. The summed E-state index contributed by atoms with van der Waals surface area (Å²) in [5.74, 6) is -2.44. The lowest BCUT2D eigenvalue weighted by Crippen LogP contribution is -2.38. The molecule has 0 aliphatic carbocycles. The minimum Gasteiger partial charge on any atom is -0.298 e. The van der Waals surface area contributed by atoms with Gasteiger partial charge >= 0.3 is 0 Å². The molecule has 0 amide bonds. The Bertz CT molecular complexity index is 330. The average Bonchev–Trinajstić information content (AvgIpc) is 2.55. The molecule has 0 spiro atoms. The van der Waals surface area contributed by atoms with E-state index in [2.05, 4.69) is 20.8 Å². The summed E-state index contributed by atoms with van der Waals surface area (Å²) >= 11 is 5.06. The van der Waals surface area contributed by atoms with Crippen molar-refractivity contribution in [1.82, 2.24) is 4.90 Å². The molecule has 0 atom stereocenters. The van der Waals surface area contributed by atoms with Crippen LogP contribution in [0, 0.1) is 0 Å². The number of likely N-dealkylation sites (tertiary alicyclic amines) is 1. The molecule has 1 aromatic heterocycles. The highest BCUT2D eigenvalue weighted by atomic mass is 79.9. The number of hydrogen-bond donors (Lipinski definition) is 0. The minimum absolute atomic E-state index is 0.000452. The Balaban J connectivity index is 1.87. The Morgan fingerprint density at radius 2 is 2.00 bits per heavy atom. The molecule has 1 nitrogen and oxygen atoms in total. The topological polar surface area (TPSA) is 3.24 Å². The van der Waals surface area contributed by atoms with Crippen LogP contribution in [0.3, 0.4) is 0 Å². The van der Waals surface area contributed by atoms with Gasteiger partial charge in [-0.25, -0.2) is 8.78 Å². The first-order chi connectivity index (χ1) is 7.05. The second-order valence-corrected chi connectivity index (χ2v) is 6.39. The van der Waals surface area contributed by atoms with Gasteiger partial charge in [-0.15, -0.1) is 11.3 Å². The van der Waals surface area contributed by atoms with E-state index in [-0.39, 0.29) is 12.8 Å². The van der Waals surface area contributed by atoms with E-state index in [1.54, 1.807) is 11.3 Å². The van der Waals surface area contributed by atoms with Crippen molar-refractivity contribution < 1.29 is 8.78 Å². The first kappa shape index (κ1) is 11.5. The Morgan fingerprint density at radius 1 is 1.33 bits per heavy atom. The van der Waals surface area contributed by atoms with Gasteiger partial charge in [-0.2, -0.15) is 0 Å². The van der Waals surface area contributed by atoms with Crippen LogP contribution in [0.1, 0.15) is 17.7 Å². The average molecular weight is 296 g/mol. The van der Waals surface area contributed by atoms with E-state index < -0.39 is 5.92 Å². The minimum atomic E-state index is -2.44. The van der Waals surface area contributed by atoms with Crippen LogP contribution in [0.4, 0.5) is 8.78 Å². The molecule has 0 N–H and O–H groups in total. The number of piperidine rings is 1. The van der Waals surface area contributed by atoms with Gasteiger partial charge in [0, 0.05) is 37.4 Å². The van der Waals surface area contributed by atoms with E-state index in [9.17, 15) is 8.78 Å². The van der Waals surface area contributed by atoms with Crippen LogP contribution in [0.2, 0.25) is 0 Å². The molecule has 0 unspecified atom stereocenters. The molecule has 15 heavy (non-hydrogen) atoms. The third kappa shape index (κ3) is 3.23. The fourth-order valence-electron chi connectivity index (χ4n) is 1.70. The lowest BCUT2D eigenvalue weighted by atomic mass is 10.1. The zero-order chi connectivity index (χ0) is 10.9. The van der Waals surface area contributed by atoms with Crippen LogP contribution in [-0.4, -0.2) is 23.9 Å². The summed E-state index contributed by atoms with van der Waals surface area (Å²) in [4.78, 5) is 3.32. The van der Waals surface area contributed by atoms with E-state index in [4.69, 9.17) is 0 Å². The number of halogens is 3. The van der Waals surface area contributed by atoms with E-state index >= 15 is 0 Å². The van der Waals surface area contributed by atoms with Crippen LogP contribution in [0.15, 0.2) is 15.9 Å². The van der Waals surface area contributed by atoms with Gasteiger partial charge < -0.3 is 0 Å². The number of hydrogen-bond acceptors (Lipinski definition) is 2. The van der Waals surface area contributed by atoms with Gasteiger partial charge in [-0.1, -0.05) is 0 Å². The Kier molecular flexibility index (Phi) is 3.42. The maximum atomic E-state index is 12.9. The van der Waals surface area contributed by atoms with Crippen molar-refractivity contribution in [3.8, 4) is 0 Å². The van der Waals surface area contributed by atoms with E-state index in [1.165, 1.54) is 4.88 Å². The van der Waals surface area contributed by atoms with Gasteiger partial charge in [0.15, 0.2) is 0 Å². The van der Waals surface area contributed by atoms with Gasteiger partial charge in [0.2, 0.25) is 0 Å². The predicted molar refractivity (Wildman–Crippen MR) is 61.5 cm³/mol. The van der Waals surface area contributed by atoms with Crippen molar-refractivity contribution in [1.29, 1.82) is 0 Å². The zero-order valence-electron chi connectivity index (χ0n) is 8.18. The summed E-state index contributed by atoms with van der Waals surface area (Å²) in [6, 6.07) is 4.04. The molecule has 0 saturated carbocycles. The molecule has 0 bridgehead atoms. The summed E-state index contributed by atoms with van der Waals surface area (Å²) in [6.45, 7) is 1.80. The number of thiophene rings is 1. The van der Waals surface area contributed by atoms with Crippen LogP contribution >= 0.6 is 27.3 Å². The van der Waals surface area contributed by atoms with E-state index in [1.807, 2.05) is 12.1 Å². The highest BCUT2D eigenvalue weighted by Crippen LogP contribution is 2.29. The first-order valence-electron chi connectivity index (χ1n) is 4.90. The molecule has 84 valence electrons. The molecule has 1 aliphatic heterocycles. The molecule has 2 heterocycles. The monoisotopic (exact) mass is 295 g/mol. The van der Waals surface area contributed by atoms with E-state index in [0.29, 0.717) is 13.1 Å². The molecule has 5 heteroatoms. The van der Waals surface area contributed by atoms with Crippen LogP contribution in [0.25, 0.3) is 0 Å². The quantitative estimate of drug-likeness (QED) is 0.803. The van der Waals surface area contributed by atoms with E-state index in [0.717, 1.165) is 10.3 Å².